The predicted octanol–water partition coefficient (Wildman–Crippen LogP) is 3.86. The highest BCUT2D eigenvalue weighted by molar-refractivity contribution is 5.80. The molecule has 1 saturated heterocycles. The Kier molecular flexibility index (Phi) is 3.83. The van der Waals surface area contributed by atoms with Gasteiger partial charge in [-0.15, -0.1) is 0 Å². The molecule has 2 fully saturated rings. The molecule has 0 bridgehead atoms. The number of piperidine rings is 1. The summed E-state index contributed by atoms with van der Waals surface area (Å²) in [6.07, 6.45) is 6.79. The van der Waals surface area contributed by atoms with E-state index in [9.17, 15) is 4.79 Å². The molecule has 1 unspecified atom stereocenters. The van der Waals surface area contributed by atoms with Gasteiger partial charge in [0.05, 0.1) is 5.60 Å². The third kappa shape index (κ3) is 3.19. The van der Waals surface area contributed by atoms with Gasteiger partial charge in [0.15, 0.2) is 0 Å². The molecule has 110 valence electrons. The maximum Gasteiger partial charge on any atom is 0.135 e. The molecule has 0 aromatic carbocycles. The Hall–Kier alpha value is -0.410. The van der Waals surface area contributed by atoms with Crippen LogP contribution in [0.25, 0.3) is 0 Å². The van der Waals surface area contributed by atoms with Gasteiger partial charge in [-0.3, -0.25) is 9.63 Å². The van der Waals surface area contributed by atoms with Crippen molar-refractivity contribution in [3.8, 4) is 0 Å². The third-order valence-electron chi connectivity index (χ3n) is 4.72. The second-order valence-electron chi connectivity index (χ2n) is 7.88. The molecule has 1 aliphatic carbocycles. The monoisotopic (exact) mass is 267 g/mol. The summed E-state index contributed by atoms with van der Waals surface area (Å²) in [5.41, 5.74) is -0.211. The fourth-order valence-corrected chi connectivity index (χ4v) is 3.77. The van der Waals surface area contributed by atoms with E-state index in [0.717, 1.165) is 32.1 Å². The lowest BCUT2D eigenvalue weighted by Crippen LogP contribution is -2.61. The second-order valence-corrected chi connectivity index (χ2v) is 7.88. The summed E-state index contributed by atoms with van der Waals surface area (Å²) in [6.45, 7) is 11.1. The van der Waals surface area contributed by atoms with Gasteiger partial charge in [-0.05, 0) is 66.7 Å². The van der Waals surface area contributed by atoms with Crippen LogP contribution >= 0.6 is 0 Å². The van der Waals surface area contributed by atoms with Gasteiger partial charge < -0.3 is 0 Å². The van der Waals surface area contributed by atoms with Crippen LogP contribution in [0.5, 0.6) is 0 Å². The van der Waals surface area contributed by atoms with Crippen molar-refractivity contribution >= 4 is 5.78 Å². The highest BCUT2D eigenvalue weighted by Gasteiger charge is 2.46. The molecular formula is C16H29NO2. The van der Waals surface area contributed by atoms with E-state index in [2.05, 4.69) is 39.7 Å². The maximum absolute atomic E-state index is 11.7. The number of hydrogen-bond acceptors (Lipinski definition) is 3. The number of carbonyl (C=O) groups excluding carboxylic acids is 1. The molecule has 0 spiro atoms. The Morgan fingerprint density at radius 3 is 2.05 bits per heavy atom. The molecule has 1 saturated carbocycles. The molecule has 0 amide bonds. The van der Waals surface area contributed by atoms with Gasteiger partial charge in [0.25, 0.3) is 0 Å². The van der Waals surface area contributed by atoms with Crippen LogP contribution in [0.3, 0.4) is 0 Å². The van der Waals surface area contributed by atoms with Crippen LogP contribution in [0.1, 0.15) is 79.6 Å². The lowest BCUT2D eigenvalue weighted by atomic mass is 9.81. The van der Waals surface area contributed by atoms with Crippen LogP contribution in [0.2, 0.25) is 0 Å². The first kappa shape index (κ1) is 15.0. The highest BCUT2D eigenvalue weighted by Crippen LogP contribution is 2.42. The Morgan fingerprint density at radius 2 is 1.53 bits per heavy atom. The molecule has 0 aromatic rings. The number of nitrogens with zero attached hydrogens (tertiary/aromatic N) is 1. The minimum atomic E-state index is -0.304. The average molecular weight is 267 g/mol. The van der Waals surface area contributed by atoms with Gasteiger partial charge in [-0.2, -0.15) is 5.06 Å². The first-order valence-corrected chi connectivity index (χ1v) is 7.66. The van der Waals surface area contributed by atoms with Crippen LogP contribution in [0, 0.1) is 0 Å². The molecule has 1 atom stereocenters. The fourth-order valence-electron chi connectivity index (χ4n) is 3.77. The molecule has 2 rings (SSSR count). The molecular weight excluding hydrogens is 238 g/mol. The van der Waals surface area contributed by atoms with E-state index in [4.69, 9.17) is 4.84 Å². The summed E-state index contributed by atoms with van der Waals surface area (Å²) < 4.78 is 0. The van der Waals surface area contributed by atoms with E-state index in [1.807, 2.05) is 0 Å². The largest absolute Gasteiger partial charge is 0.300 e. The lowest BCUT2D eigenvalue weighted by molar-refractivity contribution is -0.335. The van der Waals surface area contributed by atoms with E-state index in [1.165, 1.54) is 6.42 Å². The van der Waals surface area contributed by atoms with E-state index >= 15 is 0 Å². The smallest absolute Gasteiger partial charge is 0.135 e. The SMILES string of the molecule is CC1(ON2C(C)(C)CCCC2(C)C)CCCC(=O)C1. The van der Waals surface area contributed by atoms with Gasteiger partial charge in [0.1, 0.15) is 5.78 Å². The van der Waals surface area contributed by atoms with Gasteiger partial charge in [-0.25, -0.2) is 0 Å². The molecule has 1 aliphatic heterocycles. The van der Waals surface area contributed by atoms with Crippen molar-refractivity contribution in [1.29, 1.82) is 0 Å². The summed E-state index contributed by atoms with van der Waals surface area (Å²) >= 11 is 0. The topological polar surface area (TPSA) is 29.5 Å². The zero-order valence-corrected chi connectivity index (χ0v) is 13.2. The van der Waals surface area contributed by atoms with Crippen LogP contribution in [-0.4, -0.2) is 27.5 Å². The lowest BCUT2D eigenvalue weighted by Gasteiger charge is -2.54. The Morgan fingerprint density at radius 1 is 0.947 bits per heavy atom. The van der Waals surface area contributed by atoms with Gasteiger partial charge in [0, 0.05) is 23.9 Å². The summed E-state index contributed by atoms with van der Waals surface area (Å²) in [7, 11) is 0. The minimum absolute atomic E-state index is 0.0469. The molecule has 3 nitrogen and oxygen atoms in total. The quantitative estimate of drug-likeness (QED) is 0.761. The number of hydroxylamine groups is 2. The summed E-state index contributed by atoms with van der Waals surface area (Å²) in [5, 5.41) is 2.20. The number of rotatable bonds is 2. The van der Waals surface area contributed by atoms with Crippen molar-refractivity contribution in [3.05, 3.63) is 0 Å². The maximum atomic E-state index is 11.7. The summed E-state index contributed by atoms with van der Waals surface area (Å²) in [6, 6.07) is 0. The van der Waals surface area contributed by atoms with Gasteiger partial charge >= 0.3 is 0 Å². The second kappa shape index (κ2) is 4.85. The van der Waals surface area contributed by atoms with Crippen LogP contribution in [0.15, 0.2) is 0 Å². The predicted molar refractivity (Wildman–Crippen MR) is 76.8 cm³/mol. The van der Waals surface area contributed by atoms with Crippen LogP contribution in [0.4, 0.5) is 0 Å². The molecule has 1 heterocycles. The van der Waals surface area contributed by atoms with Crippen molar-refractivity contribution in [2.75, 3.05) is 0 Å². The first-order chi connectivity index (χ1) is 8.65. The molecule has 0 aromatic heterocycles. The van der Waals surface area contributed by atoms with Crippen LogP contribution < -0.4 is 0 Å². The van der Waals surface area contributed by atoms with E-state index in [0.29, 0.717) is 12.2 Å². The van der Waals surface area contributed by atoms with Gasteiger partial charge in [-0.1, -0.05) is 0 Å². The zero-order chi connectivity index (χ0) is 14.3. The number of Topliss-reactive ketones (excluding diaryl/α,β-unsaturated/α-hetero) is 1. The molecule has 0 radical (unpaired) electrons. The third-order valence-corrected chi connectivity index (χ3v) is 4.72. The van der Waals surface area contributed by atoms with Gasteiger partial charge in [0.2, 0.25) is 0 Å². The van der Waals surface area contributed by atoms with Crippen molar-refractivity contribution in [2.45, 2.75) is 96.2 Å². The Bertz CT molecular complexity index is 346. The number of carbonyl (C=O) groups is 1. The van der Waals surface area contributed by atoms with E-state index in [-0.39, 0.29) is 16.7 Å². The van der Waals surface area contributed by atoms with Crippen molar-refractivity contribution in [1.82, 2.24) is 5.06 Å². The number of hydrogen-bond donors (Lipinski definition) is 0. The molecule has 2 aliphatic rings. The zero-order valence-electron chi connectivity index (χ0n) is 13.2. The van der Waals surface area contributed by atoms with Crippen LogP contribution in [-0.2, 0) is 9.63 Å². The Labute approximate surface area is 117 Å². The standard InChI is InChI=1S/C16H29NO2/c1-14(2)9-7-10-15(3,4)17(14)19-16(5)11-6-8-13(18)12-16/h6-12H2,1-5H3. The summed E-state index contributed by atoms with van der Waals surface area (Å²) in [4.78, 5) is 18.2. The normalized spacial score (nSPS) is 35.3. The Balaban J connectivity index is 2.16. The first-order valence-electron chi connectivity index (χ1n) is 7.66. The summed E-state index contributed by atoms with van der Waals surface area (Å²) in [5.74, 6) is 0.348. The van der Waals surface area contributed by atoms with Crippen molar-refractivity contribution in [2.24, 2.45) is 0 Å². The molecule has 0 N–H and O–H groups in total. The molecule has 19 heavy (non-hydrogen) atoms. The van der Waals surface area contributed by atoms with Crippen molar-refractivity contribution in [3.63, 3.8) is 0 Å². The average Bonchev–Trinajstić information content (AvgIpc) is 2.23. The highest BCUT2D eigenvalue weighted by atomic mass is 16.7. The van der Waals surface area contributed by atoms with Crippen molar-refractivity contribution < 1.29 is 9.63 Å². The van der Waals surface area contributed by atoms with E-state index < -0.39 is 0 Å². The molecule has 3 heteroatoms. The minimum Gasteiger partial charge on any atom is -0.300 e. The van der Waals surface area contributed by atoms with E-state index in [1.54, 1.807) is 0 Å². The fraction of sp³-hybridized carbons (Fsp3) is 0.938. The number of ketones is 1.